The Morgan fingerprint density at radius 1 is 1.39 bits per heavy atom. The molecule has 1 aliphatic rings. The van der Waals surface area contributed by atoms with Crippen molar-refractivity contribution < 1.29 is 9.59 Å². The van der Waals surface area contributed by atoms with Crippen molar-refractivity contribution in [1.29, 1.82) is 0 Å². The molecule has 1 aliphatic carbocycles. The van der Waals surface area contributed by atoms with Crippen LogP contribution in [-0.4, -0.2) is 21.5 Å². The number of imidazole rings is 1. The number of hydrogen-bond donors (Lipinski definition) is 2. The van der Waals surface area contributed by atoms with E-state index < -0.39 is 18.0 Å². The summed E-state index contributed by atoms with van der Waals surface area (Å²) in [6, 6.07) is -1.29. The molecular formula is C12H18N4O2. The number of imide groups is 1. The van der Waals surface area contributed by atoms with Gasteiger partial charge in [0.1, 0.15) is 11.9 Å². The Morgan fingerprint density at radius 2 is 2.06 bits per heavy atom. The molecule has 18 heavy (non-hydrogen) atoms. The Labute approximate surface area is 106 Å². The van der Waals surface area contributed by atoms with Gasteiger partial charge in [-0.25, -0.2) is 9.78 Å². The van der Waals surface area contributed by atoms with Gasteiger partial charge < -0.3 is 10.3 Å². The molecule has 0 radical (unpaired) electrons. The Kier molecular flexibility index (Phi) is 3.36. The summed E-state index contributed by atoms with van der Waals surface area (Å²) in [5.41, 5.74) is 7.16. The van der Waals surface area contributed by atoms with Gasteiger partial charge in [0.2, 0.25) is 0 Å². The molecule has 3 amide bonds. The van der Waals surface area contributed by atoms with Crippen LogP contribution in [0.3, 0.4) is 0 Å². The molecule has 1 aromatic heterocycles. The molecule has 0 aliphatic heterocycles. The number of urea groups is 1. The number of carbonyl (C=O) groups is 2. The van der Waals surface area contributed by atoms with E-state index in [0.717, 1.165) is 42.9 Å². The van der Waals surface area contributed by atoms with E-state index in [-0.39, 0.29) is 0 Å². The lowest BCUT2D eigenvalue weighted by Gasteiger charge is -2.19. The van der Waals surface area contributed by atoms with Crippen molar-refractivity contribution in [2.75, 3.05) is 0 Å². The normalized spacial score (nSPS) is 15.9. The smallest absolute Gasteiger partial charge is 0.318 e. The standard InChI is InChI=1S/C12H18N4O2/c1-7(11(17)15-12(13)18)16-8(2)14-9-5-3-4-6-10(9)16/h7H,3-6H2,1-2H3,(H3,13,15,17,18). The lowest BCUT2D eigenvalue weighted by Crippen LogP contribution is -2.39. The SMILES string of the molecule is Cc1nc2c(n1C(C)C(=O)NC(N)=O)CCCC2. The molecule has 1 heterocycles. The van der Waals surface area contributed by atoms with E-state index in [1.165, 1.54) is 0 Å². The van der Waals surface area contributed by atoms with Crippen LogP contribution in [0.2, 0.25) is 0 Å². The summed E-state index contributed by atoms with van der Waals surface area (Å²) in [5.74, 6) is 0.422. The second-order valence-corrected chi connectivity index (χ2v) is 4.66. The molecule has 1 atom stereocenters. The first-order valence-corrected chi connectivity index (χ1v) is 6.17. The minimum absolute atomic E-state index is 0.392. The molecule has 6 nitrogen and oxygen atoms in total. The Bertz CT molecular complexity index is 493. The zero-order valence-corrected chi connectivity index (χ0v) is 10.7. The lowest BCUT2D eigenvalue weighted by molar-refractivity contribution is -0.122. The maximum atomic E-state index is 11.8. The molecule has 2 rings (SSSR count). The molecule has 0 aromatic carbocycles. The van der Waals surface area contributed by atoms with Crippen molar-refractivity contribution in [3.8, 4) is 0 Å². The number of rotatable bonds is 2. The fraction of sp³-hybridized carbons (Fsp3) is 0.583. The number of hydrogen-bond acceptors (Lipinski definition) is 3. The Balaban J connectivity index is 2.30. The van der Waals surface area contributed by atoms with Gasteiger partial charge in [0, 0.05) is 5.69 Å². The third-order valence-electron chi connectivity index (χ3n) is 3.36. The van der Waals surface area contributed by atoms with Crippen LogP contribution in [0.15, 0.2) is 0 Å². The first kappa shape index (κ1) is 12.6. The number of nitrogens with one attached hydrogen (secondary N) is 1. The number of aromatic nitrogens is 2. The molecule has 0 saturated heterocycles. The molecule has 1 unspecified atom stereocenters. The van der Waals surface area contributed by atoms with Gasteiger partial charge in [-0.2, -0.15) is 0 Å². The summed E-state index contributed by atoms with van der Waals surface area (Å²) in [4.78, 5) is 27.1. The molecule has 1 aromatic rings. The summed E-state index contributed by atoms with van der Waals surface area (Å²) >= 11 is 0. The minimum atomic E-state index is -0.821. The summed E-state index contributed by atoms with van der Waals surface area (Å²) < 4.78 is 1.91. The van der Waals surface area contributed by atoms with Gasteiger partial charge in [0.15, 0.2) is 0 Å². The largest absolute Gasteiger partial charge is 0.351 e. The molecule has 0 spiro atoms. The predicted molar refractivity (Wildman–Crippen MR) is 66.0 cm³/mol. The Hall–Kier alpha value is -1.85. The van der Waals surface area contributed by atoms with Gasteiger partial charge >= 0.3 is 6.03 Å². The van der Waals surface area contributed by atoms with E-state index in [1.807, 2.05) is 11.5 Å². The molecular weight excluding hydrogens is 232 g/mol. The van der Waals surface area contributed by atoms with Gasteiger partial charge in [-0.1, -0.05) is 0 Å². The summed E-state index contributed by atoms with van der Waals surface area (Å²) in [6.07, 6.45) is 4.16. The summed E-state index contributed by atoms with van der Waals surface area (Å²) in [7, 11) is 0. The van der Waals surface area contributed by atoms with Crippen LogP contribution in [-0.2, 0) is 17.6 Å². The number of primary amides is 1. The third-order valence-corrected chi connectivity index (χ3v) is 3.36. The van der Waals surface area contributed by atoms with Crippen LogP contribution in [0.4, 0.5) is 4.79 Å². The van der Waals surface area contributed by atoms with Crippen molar-refractivity contribution in [3.05, 3.63) is 17.2 Å². The highest BCUT2D eigenvalue weighted by atomic mass is 16.2. The second kappa shape index (κ2) is 4.80. The van der Waals surface area contributed by atoms with E-state index in [2.05, 4.69) is 10.3 Å². The summed E-state index contributed by atoms with van der Waals surface area (Å²) in [5, 5.41) is 2.12. The van der Waals surface area contributed by atoms with Gasteiger partial charge in [0.05, 0.1) is 5.69 Å². The van der Waals surface area contributed by atoms with E-state index >= 15 is 0 Å². The predicted octanol–water partition coefficient (Wildman–Crippen LogP) is 0.826. The highest BCUT2D eigenvalue weighted by molar-refractivity contribution is 5.95. The number of nitrogens with zero attached hydrogens (tertiary/aromatic N) is 2. The van der Waals surface area contributed by atoms with Gasteiger partial charge in [-0.05, 0) is 39.5 Å². The monoisotopic (exact) mass is 250 g/mol. The number of fused-ring (bicyclic) bond motifs is 1. The van der Waals surface area contributed by atoms with E-state index in [9.17, 15) is 9.59 Å². The molecule has 0 bridgehead atoms. The van der Waals surface area contributed by atoms with Gasteiger partial charge in [-0.3, -0.25) is 10.1 Å². The highest BCUT2D eigenvalue weighted by Gasteiger charge is 2.25. The molecule has 6 heteroatoms. The first-order valence-electron chi connectivity index (χ1n) is 6.17. The van der Waals surface area contributed by atoms with Crippen LogP contribution in [0.25, 0.3) is 0 Å². The van der Waals surface area contributed by atoms with Gasteiger partial charge in [-0.15, -0.1) is 0 Å². The number of aryl methyl sites for hydroxylation is 2. The third kappa shape index (κ3) is 2.23. The number of carbonyl (C=O) groups excluding carboxylic acids is 2. The second-order valence-electron chi connectivity index (χ2n) is 4.66. The number of nitrogens with two attached hydrogens (primary N) is 1. The summed E-state index contributed by atoms with van der Waals surface area (Å²) in [6.45, 7) is 3.63. The average Bonchev–Trinajstić information content (AvgIpc) is 2.63. The quantitative estimate of drug-likeness (QED) is 0.814. The fourth-order valence-corrected chi connectivity index (χ4v) is 2.56. The lowest BCUT2D eigenvalue weighted by atomic mass is 10.0. The maximum Gasteiger partial charge on any atom is 0.318 e. The van der Waals surface area contributed by atoms with Crippen LogP contribution >= 0.6 is 0 Å². The molecule has 0 saturated carbocycles. The fourth-order valence-electron chi connectivity index (χ4n) is 2.56. The van der Waals surface area contributed by atoms with Crippen molar-refractivity contribution in [2.24, 2.45) is 5.73 Å². The average molecular weight is 250 g/mol. The van der Waals surface area contributed by atoms with Crippen molar-refractivity contribution in [3.63, 3.8) is 0 Å². The van der Waals surface area contributed by atoms with Crippen molar-refractivity contribution in [1.82, 2.24) is 14.9 Å². The number of amides is 3. The van der Waals surface area contributed by atoms with E-state index in [0.29, 0.717) is 0 Å². The van der Waals surface area contributed by atoms with Crippen LogP contribution in [0.5, 0.6) is 0 Å². The van der Waals surface area contributed by atoms with Gasteiger partial charge in [0.25, 0.3) is 5.91 Å². The van der Waals surface area contributed by atoms with Crippen LogP contribution < -0.4 is 11.1 Å². The van der Waals surface area contributed by atoms with Crippen molar-refractivity contribution in [2.45, 2.75) is 45.6 Å². The van der Waals surface area contributed by atoms with E-state index in [4.69, 9.17) is 5.73 Å². The topological polar surface area (TPSA) is 90.0 Å². The minimum Gasteiger partial charge on any atom is -0.351 e. The zero-order chi connectivity index (χ0) is 13.3. The molecule has 3 N–H and O–H groups in total. The highest BCUT2D eigenvalue weighted by Crippen LogP contribution is 2.25. The molecule has 98 valence electrons. The molecule has 0 fully saturated rings. The van der Waals surface area contributed by atoms with Crippen LogP contribution in [0, 0.1) is 6.92 Å². The maximum absolute atomic E-state index is 11.8. The van der Waals surface area contributed by atoms with Crippen LogP contribution in [0.1, 0.15) is 43.0 Å². The zero-order valence-electron chi connectivity index (χ0n) is 10.7. The van der Waals surface area contributed by atoms with Crippen molar-refractivity contribution >= 4 is 11.9 Å². The van der Waals surface area contributed by atoms with E-state index in [1.54, 1.807) is 6.92 Å². The Morgan fingerprint density at radius 3 is 2.72 bits per heavy atom. The first-order chi connectivity index (χ1) is 8.50.